The Hall–Kier alpha value is -4.19. The number of rotatable bonds is 7. The van der Waals surface area contributed by atoms with Crippen LogP contribution < -0.4 is 10.3 Å². The quantitative estimate of drug-likeness (QED) is 0.466. The number of nitriles is 1. The van der Waals surface area contributed by atoms with Crippen molar-refractivity contribution < 1.29 is 14.6 Å². The maximum absolute atomic E-state index is 12.8. The van der Waals surface area contributed by atoms with Crippen LogP contribution >= 0.6 is 0 Å². The maximum Gasteiger partial charge on any atom is 0.328 e. The van der Waals surface area contributed by atoms with Crippen LogP contribution in [0.25, 0.3) is 16.4 Å². The van der Waals surface area contributed by atoms with Crippen molar-refractivity contribution >= 4 is 22.4 Å². The van der Waals surface area contributed by atoms with E-state index in [0.717, 1.165) is 17.5 Å². The monoisotopic (exact) mass is 443 g/mol. The van der Waals surface area contributed by atoms with Gasteiger partial charge in [-0.15, -0.1) is 0 Å². The first-order valence-corrected chi connectivity index (χ1v) is 10.7. The van der Waals surface area contributed by atoms with Gasteiger partial charge >= 0.3 is 5.97 Å². The zero-order chi connectivity index (χ0) is 23.1. The van der Waals surface area contributed by atoms with Crippen molar-refractivity contribution in [2.45, 2.75) is 32.2 Å². The van der Waals surface area contributed by atoms with E-state index >= 15 is 0 Å². The number of nitrogens with zero attached hydrogens (tertiary/aromatic N) is 5. The van der Waals surface area contributed by atoms with Crippen LogP contribution in [0, 0.1) is 17.2 Å². The fourth-order valence-corrected chi connectivity index (χ4v) is 3.79. The highest BCUT2D eigenvalue weighted by Gasteiger charge is 2.23. The van der Waals surface area contributed by atoms with Crippen molar-refractivity contribution in [2.75, 3.05) is 6.61 Å². The van der Waals surface area contributed by atoms with E-state index in [0.29, 0.717) is 51.6 Å². The zero-order valence-electron chi connectivity index (χ0n) is 17.9. The summed E-state index contributed by atoms with van der Waals surface area (Å²) in [6.45, 7) is 2.02. The van der Waals surface area contributed by atoms with Crippen molar-refractivity contribution in [1.29, 1.82) is 5.26 Å². The number of ether oxygens (including phenoxy) is 1. The number of imidazole rings is 1. The largest absolute Gasteiger partial charge is 0.490 e. The van der Waals surface area contributed by atoms with Gasteiger partial charge in [0.25, 0.3) is 5.56 Å². The zero-order valence-corrected chi connectivity index (χ0v) is 17.9. The van der Waals surface area contributed by atoms with Gasteiger partial charge in [0.1, 0.15) is 11.7 Å². The number of aromatic nitrogens is 4. The van der Waals surface area contributed by atoms with Gasteiger partial charge in [0.15, 0.2) is 11.8 Å². The number of carboxylic acids is 1. The molecule has 3 aromatic heterocycles. The number of benzene rings is 1. The van der Waals surface area contributed by atoms with Crippen LogP contribution in [0.2, 0.25) is 0 Å². The summed E-state index contributed by atoms with van der Waals surface area (Å²) in [6.07, 6.45) is 6.18. The van der Waals surface area contributed by atoms with E-state index in [-0.39, 0.29) is 6.42 Å². The number of pyridine rings is 1. The molecule has 33 heavy (non-hydrogen) atoms. The van der Waals surface area contributed by atoms with Crippen molar-refractivity contribution in [3.8, 4) is 11.8 Å². The first kappa shape index (κ1) is 20.7. The lowest BCUT2D eigenvalue weighted by Gasteiger charge is -2.13. The van der Waals surface area contributed by atoms with Gasteiger partial charge in [-0.05, 0) is 31.7 Å². The second-order valence-corrected chi connectivity index (χ2v) is 8.35. The average molecular weight is 443 g/mol. The molecule has 0 spiro atoms. The molecule has 1 fully saturated rings. The average Bonchev–Trinajstić information content (AvgIpc) is 3.57. The third-order valence-electron chi connectivity index (χ3n) is 5.88. The SMILES string of the molecule is CC(C(=O)O)n1nc(Cc2cn3cc(OCC4CC4)c(C#N)cc3n2)c2ccccc2c1=O. The summed E-state index contributed by atoms with van der Waals surface area (Å²) in [4.78, 5) is 28.9. The molecule has 1 aliphatic rings. The molecule has 1 aromatic carbocycles. The fourth-order valence-electron chi connectivity index (χ4n) is 3.79. The molecule has 1 atom stereocenters. The van der Waals surface area contributed by atoms with Gasteiger partial charge in [0.2, 0.25) is 0 Å². The highest BCUT2D eigenvalue weighted by Crippen LogP contribution is 2.30. The molecular formula is C24H21N5O4. The lowest BCUT2D eigenvalue weighted by atomic mass is 10.1. The Balaban J connectivity index is 1.55. The number of fused-ring (bicyclic) bond motifs is 2. The predicted octanol–water partition coefficient (Wildman–Crippen LogP) is 2.94. The van der Waals surface area contributed by atoms with Crippen LogP contribution in [0.3, 0.4) is 0 Å². The Bertz CT molecular complexity index is 1490. The number of hydrogen-bond donors (Lipinski definition) is 1. The molecule has 166 valence electrons. The molecule has 0 saturated heterocycles. The smallest absolute Gasteiger partial charge is 0.328 e. The summed E-state index contributed by atoms with van der Waals surface area (Å²) in [5.41, 5.74) is 1.79. The van der Waals surface area contributed by atoms with Gasteiger partial charge < -0.3 is 14.2 Å². The molecule has 9 heteroatoms. The van der Waals surface area contributed by atoms with E-state index < -0.39 is 17.6 Å². The minimum absolute atomic E-state index is 0.287. The Morgan fingerprint density at radius 2 is 2.06 bits per heavy atom. The highest BCUT2D eigenvalue weighted by molar-refractivity contribution is 5.84. The lowest BCUT2D eigenvalue weighted by molar-refractivity contribution is -0.140. The molecule has 5 rings (SSSR count). The minimum atomic E-state index is -1.14. The van der Waals surface area contributed by atoms with E-state index in [1.165, 1.54) is 6.92 Å². The molecular weight excluding hydrogens is 422 g/mol. The van der Waals surface area contributed by atoms with Gasteiger partial charge in [0, 0.05) is 24.1 Å². The summed E-state index contributed by atoms with van der Waals surface area (Å²) in [7, 11) is 0. The van der Waals surface area contributed by atoms with Gasteiger partial charge in [-0.2, -0.15) is 10.4 Å². The second kappa shape index (κ2) is 8.06. The molecule has 9 nitrogen and oxygen atoms in total. The van der Waals surface area contributed by atoms with Crippen molar-refractivity contribution in [1.82, 2.24) is 19.2 Å². The molecule has 0 radical (unpaired) electrons. The van der Waals surface area contributed by atoms with Gasteiger partial charge in [-0.25, -0.2) is 14.5 Å². The predicted molar refractivity (Wildman–Crippen MR) is 119 cm³/mol. The molecule has 1 unspecified atom stereocenters. The fraction of sp³-hybridized carbons (Fsp3) is 0.292. The molecule has 1 aliphatic carbocycles. The van der Waals surface area contributed by atoms with Crippen molar-refractivity contribution in [3.05, 3.63) is 70.0 Å². The minimum Gasteiger partial charge on any atom is -0.490 e. The molecule has 0 bridgehead atoms. The maximum atomic E-state index is 12.8. The third-order valence-corrected chi connectivity index (χ3v) is 5.88. The van der Waals surface area contributed by atoms with Crippen LogP contribution in [-0.4, -0.2) is 36.8 Å². The standard InChI is InChI=1S/C24H21N5O4/c1-14(24(31)32)29-23(30)19-5-3-2-4-18(19)20(27-29)9-17-11-28-12-21(33-13-15-6-7-15)16(10-25)8-22(28)26-17/h2-5,8,11-12,14-15H,6-7,9,13H2,1H3,(H,31,32). The molecule has 0 amide bonds. The van der Waals surface area contributed by atoms with Gasteiger partial charge in [0.05, 0.1) is 35.1 Å². The topological polar surface area (TPSA) is 123 Å². The first-order chi connectivity index (χ1) is 15.9. The van der Waals surface area contributed by atoms with Crippen molar-refractivity contribution in [3.63, 3.8) is 0 Å². The van der Waals surface area contributed by atoms with E-state index in [2.05, 4.69) is 16.2 Å². The first-order valence-electron chi connectivity index (χ1n) is 10.7. The summed E-state index contributed by atoms with van der Waals surface area (Å²) >= 11 is 0. The van der Waals surface area contributed by atoms with E-state index in [4.69, 9.17) is 4.74 Å². The molecule has 4 aromatic rings. The lowest BCUT2D eigenvalue weighted by Crippen LogP contribution is -2.31. The number of hydrogen-bond acceptors (Lipinski definition) is 6. The highest BCUT2D eigenvalue weighted by atomic mass is 16.5. The Morgan fingerprint density at radius 1 is 1.30 bits per heavy atom. The summed E-state index contributed by atoms with van der Waals surface area (Å²) < 4.78 is 8.66. The van der Waals surface area contributed by atoms with E-state index in [1.807, 2.05) is 12.3 Å². The van der Waals surface area contributed by atoms with Crippen LogP contribution in [0.15, 0.2) is 47.5 Å². The normalized spacial score (nSPS) is 14.3. The number of carbonyl (C=O) groups is 1. The summed E-state index contributed by atoms with van der Waals surface area (Å²) in [5, 5.41) is 24.4. The Morgan fingerprint density at radius 3 is 2.76 bits per heavy atom. The Labute approximate surface area is 188 Å². The third kappa shape index (κ3) is 3.91. The van der Waals surface area contributed by atoms with Crippen molar-refractivity contribution in [2.24, 2.45) is 5.92 Å². The second-order valence-electron chi connectivity index (χ2n) is 8.35. The molecule has 0 aliphatic heterocycles. The molecule has 1 N–H and O–H groups in total. The van der Waals surface area contributed by atoms with Crippen LogP contribution in [-0.2, 0) is 11.2 Å². The summed E-state index contributed by atoms with van der Waals surface area (Å²) in [6, 6.07) is 9.75. The Kier molecular flexibility index (Phi) is 5.05. The molecule has 3 heterocycles. The van der Waals surface area contributed by atoms with Crippen LogP contribution in [0.1, 0.15) is 42.8 Å². The van der Waals surface area contributed by atoms with Gasteiger partial charge in [-0.3, -0.25) is 4.79 Å². The number of carboxylic acid groups (broad SMARTS) is 1. The van der Waals surface area contributed by atoms with Crippen LogP contribution in [0.4, 0.5) is 0 Å². The van der Waals surface area contributed by atoms with Crippen LogP contribution in [0.5, 0.6) is 5.75 Å². The molecule has 1 saturated carbocycles. The summed E-state index contributed by atoms with van der Waals surface area (Å²) in [5.74, 6) is -0.0524. The van der Waals surface area contributed by atoms with E-state index in [9.17, 15) is 20.0 Å². The van der Waals surface area contributed by atoms with E-state index in [1.54, 1.807) is 34.9 Å². The van der Waals surface area contributed by atoms with Gasteiger partial charge in [-0.1, -0.05) is 18.2 Å². The number of aliphatic carboxylic acids is 1.